The summed E-state index contributed by atoms with van der Waals surface area (Å²) in [4.78, 5) is 11.2. The van der Waals surface area contributed by atoms with Crippen molar-refractivity contribution < 1.29 is 4.79 Å². The van der Waals surface area contributed by atoms with Crippen LogP contribution in [0.15, 0.2) is 29.4 Å². The standard InChI is InChI=1S/C13H16N6OS/c14-15-12(20)7-9-1-3-10(4-2-9)8-21-13-16-17-18-19(13)11-5-6-11/h1-4,11H,5-8,14H2,(H,15,20). The molecule has 0 spiro atoms. The van der Waals surface area contributed by atoms with Crippen LogP contribution in [0.3, 0.4) is 0 Å². The van der Waals surface area contributed by atoms with E-state index < -0.39 is 0 Å². The number of nitrogens with zero attached hydrogens (tertiary/aromatic N) is 4. The summed E-state index contributed by atoms with van der Waals surface area (Å²) in [6.07, 6.45) is 2.62. The van der Waals surface area contributed by atoms with E-state index in [9.17, 15) is 4.79 Å². The molecule has 0 unspecified atom stereocenters. The van der Waals surface area contributed by atoms with Crippen LogP contribution >= 0.6 is 11.8 Å². The maximum Gasteiger partial charge on any atom is 0.238 e. The Bertz CT molecular complexity index is 622. The monoisotopic (exact) mass is 304 g/mol. The molecule has 1 aromatic carbocycles. The van der Waals surface area contributed by atoms with Crippen molar-refractivity contribution in [3.8, 4) is 0 Å². The SMILES string of the molecule is NNC(=O)Cc1ccc(CSc2nnnn2C2CC2)cc1. The Morgan fingerprint density at radius 2 is 2.05 bits per heavy atom. The van der Waals surface area contributed by atoms with Gasteiger partial charge in [-0.1, -0.05) is 36.0 Å². The smallest absolute Gasteiger partial charge is 0.238 e. The Morgan fingerprint density at radius 1 is 1.33 bits per heavy atom. The van der Waals surface area contributed by atoms with Crippen LogP contribution < -0.4 is 11.3 Å². The zero-order chi connectivity index (χ0) is 14.7. The second kappa shape index (κ2) is 6.23. The zero-order valence-electron chi connectivity index (χ0n) is 11.4. The third-order valence-corrected chi connectivity index (χ3v) is 4.28. The summed E-state index contributed by atoms with van der Waals surface area (Å²) in [7, 11) is 0. The Labute approximate surface area is 126 Å². The summed E-state index contributed by atoms with van der Waals surface area (Å²) in [5.74, 6) is 5.68. The Balaban J connectivity index is 1.57. The van der Waals surface area contributed by atoms with Crippen molar-refractivity contribution >= 4 is 17.7 Å². The molecule has 1 saturated carbocycles. The number of amides is 1. The fourth-order valence-corrected chi connectivity index (χ4v) is 2.87. The number of hydrazine groups is 1. The second-order valence-corrected chi connectivity index (χ2v) is 5.93. The topological polar surface area (TPSA) is 98.7 Å². The van der Waals surface area contributed by atoms with Crippen LogP contribution in [0.5, 0.6) is 0 Å². The molecule has 0 bridgehead atoms. The van der Waals surface area contributed by atoms with Gasteiger partial charge >= 0.3 is 0 Å². The maximum atomic E-state index is 11.2. The van der Waals surface area contributed by atoms with E-state index in [2.05, 4.69) is 21.0 Å². The summed E-state index contributed by atoms with van der Waals surface area (Å²) in [5.41, 5.74) is 4.23. The molecule has 1 aliphatic carbocycles. The predicted molar refractivity (Wildman–Crippen MR) is 78.1 cm³/mol. The molecular weight excluding hydrogens is 288 g/mol. The van der Waals surface area contributed by atoms with Gasteiger partial charge in [0, 0.05) is 5.75 Å². The molecule has 3 rings (SSSR count). The molecule has 3 N–H and O–H groups in total. The van der Waals surface area contributed by atoms with Gasteiger partial charge < -0.3 is 0 Å². The molecule has 8 heteroatoms. The number of hydrogen-bond donors (Lipinski definition) is 2. The van der Waals surface area contributed by atoms with Crippen molar-refractivity contribution in [1.29, 1.82) is 0 Å². The fraction of sp³-hybridized carbons (Fsp3) is 0.385. The van der Waals surface area contributed by atoms with Gasteiger partial charge in [-0.05, 0) is 34.4 Å². The summed E-state index contributed by atoms with van der Waals surface area (Å²) in [6, 6.07) is 8.39. The number of nitrogens with one attached hydrogen (secondary N) is 1. The minimum atomic E-state index is -0.194. The quantitative estimate of drug-likeness (QED) is 0.355. The molecule has 0 atom stereocenters. The van der Waals surface area contributed by atoms with Crippen molar-refractivity contribution in [2.75, 3.05) is 0 Å². The number of rotatable bonds is 6. The molecule has 0 aliphatic heterocycles. The first-order valence-electron chi connectivity index (χ1n) is 6.74. The lowest BCUT2D eigenvalue weighted by atomic mass is 10.1. The molecule has 1 fully saturated rings. The van der Waals surface area contributed by atoms with Crippen LogP contribution in [-0.4, -0.2) is 26.1 Å². The lowest BCUT2D eigenvalue weighted by Gasteiger charge is -2.04. The number of tetrazole rings is 1. The van der Waals surface area contributed by atoms with Gasteiger partial charge in [0.1, 0.15) is 0 Å². The van der Waals surface area contributed by atoms with Gasteiger partial charge in [0.25, 0.3) is 0 Å². The van der Waals surface area contributed by atoms with Crippen molar-refractivity contribution in [3.05, 3.63) is 35.4 Å². The van der Waals surface area contributed by atoms with Crippen LogP contribution in [0.2, 0.25) is 0 Å². The Hall–Kier alpha value is -1.93. The van der Waals surface area contributed by atoms with Gasteiger partial charge in [0.05, 0.1) is 12.5 Å². The number of nitrogens with two attached hydrogens (primary N) is 1. The predicted octanol–water partition coefficient (Wildman–Crippen LogP) is 0.833. The normalized spacial score (nSPS) is 14.1. The molecule has 1 amide bonds. The molecule has 0 radical (unpaired) electrons. The van der Waals surface area contributed by atoms with E-state index in [1.807, 2.05) is 28.9 Å². The minimum absolute atomic E-state index is 0.194. The van der Waals surface area contributed by atoms with Gasteiger partial charge in [-0.3, -0.25) is 10.2 Å². The van der Waals surface area contributed by atoms with Crippen LogP contribution in [-0.2, 0) is 17.0 Å². The molecular formula is C13H16N6OS. The first-order chi connectivity index (χ1) is 10.3. The van der Waals surface area contributed by atoms with Gasteiger partial charge in [-0.2, -0.15) is 0 Å². The van der Waals surface area contributed by atoms with E-state index in [0.717, 1.165) is 29.3 Å². The molecule has 1 aliphatic rings. The summed E-state index contributed by atoms with van der Waals surface area (Å²) < 4.78 is 1.91. The van der Waals surface area contributed by atoms with Crippen molar-refractivity contribution in [2.45, 2.75) is 36.2 Å². The highest BCUT2D eigenvalue weighted by molar-refractivity contribution is 7.98. The molecule has 2 aromatic rings. The first kappa shape index (κ1) is 14.0. The number of carbonyl (C=O) groups excluding carboxylic acids is 1. The molecule has 1 heterocycles. The van der Waals surface area contributed by atoms with Gasteiger partial charge in [-0.25, -0.2) is 10.5 Å². The van der Waals surface area contributed by atoms with E-state index in [1.54, 1.807) is 11.8 Å². The average Bonchev–Trinajstić information content (AvgIpc) is 3.25. The lowest BCUT2D eigenvalue weighted by molar-refractivity contribution is -0.120. The number of benzene rings is 1. The maximum absolute atomic E-state index is 11.2. The van der Waals surface area contributed by atoms with Crippen LogP contribution in [0.1, 0.15) is 30.0 Å². The van der Waals surface area contributed by atoms with E-state index in [1.165, 1.54) is 5.56 Å². The highest BCUT2D eigenvalue weighted by atomic mass is 32.2. The Morgan fingerprint density at radius 3 is 2.71 bits per heavy atom. The number of hydrogen-bond acceptors (Lipinski definition) is 6. The third kappa shape index (κ3) is 3.59. The van der Waals surface area contributed by atoms with Gasteiger partial charge in [-0.15, -0.1) is 5.10 Å². The third-order valence-electron chi connectivity index (χ3n) is 3.27. The average molecular weight is 304 g/mol. The molecule has 110 valence electrons. The molecule has 7 nitrogen and oxygen atoms in total. The number of thioether (sulfide) groups is 1. The largest absolute Gasteiger partial charge is 0.294 e. The highest BCUT2D eigenvalue weighted by Gasteiger charge is 2.27. The molecule has 21 heavy (non-hydrogen) atoms. The summed E-state index contributed by atoms with van der Waals surface area (Å²) in [6.45, 7) is 0. The van der Waals surface area contributed by atoms with E-state index in [4.69, 9.17) is 5.84 Å². The first-order valence-corrected chi connectivity index (χ1v) is 7.73. The summed E-state index contributed by atoms with van der Waals surface area (Å²) >= 11 is 1.63. The van der Waals surface area contributed by atoms with Gasteiger partial charge in [0.2, 0.25) is 11.1 Å². The van der Waals surface area contributed by atoms with Crippen molar-refractivity contribution in [2.24, 2.45) is 5.84 Å². The van der Waals surface area contributed by atoms with E-state index in [0.29, 0.717) is 12.5 Å². The van der Waals surface area contributed by atoms with E-state index >= 15 is 0 Å². The fourth-order valence-electron chi connectivity index (χ4n) is 1.97. The van der Waals surface area contributed by atoms with Crippen LogP contribution in [0, 0.1) is 0 Å². The lowest BCUT2D eigenvalue weighted by Crippen LogP contribution is -2.31. The Kier molecular flexibility index (Phi) is 4.16. The zero-order valence-corrected chi connectivity index (χ0v) is 12.2. The van der Waals surface area contributed by atoms with Crippen molar-refractivity contribution in [3.63, 3.8) is 0 Å². The highest BCUT2D eigenvalue weighted by Crippen LogP contribution is 2.36. The number of carbonyl (C=O) groups is 1. The minimum Gasteiger partial charge on any atom is -0.294 e. The number of aromatic nitrogens is 4. The van der Waals surface area contributed by atoms with Crippen LogP contribution in [0.25, 0.3) is 0 Å². The molecule has 1 aromatic heterocycles. The van der Waals surface area contributed by atoms with Crippen LogP contribution in [0.4, 0.5) is 0 Å². The summed E-state index contributed by atoms with van der Waals surface area (Å²) in [5, 5.41) is 12.7. The molecule has 0 saturated heterocycles. The van der Waals surface area contributed by atoms with E-state index in [-0.39, 0.29) is 5.91 Å². The van der Waals surface area contributed by atoms with Gasteiger partial charge in [0.15, 0.2) is 0 Å². The van der Waals surface area contributed by atoms with Crippen molar-refractivity contribution in [1.82, 2.24) is 25.6 Å². The second-order valence-electron chi connectivity index (χ2n) is 4.99.